The second kappa shape index (κ2) is 5.97. The van der Waals surface area contributed by atoms with Crippen LogP contribution < -0.4 is 20.9 Å². The number of hydrazine groups is 1. The first-order chi connectivity index (χ1) is 12.8. The van der Waals surface area contributed by atoms with Crippen LogP contribution in [0.5, 0.6) is 0 Å². The average Bonchev–Trinajstić information content (AvgIpc) is 2.99. The van der Waals surface area contributed by atoms with Crippen LogP contribution in [-0.2, 0) is 6.18 Å². The van der Waals surface area contributed by atoms with Crippen LogP contribution in [-0.4, -0.2) is 17.1 Å². The lowest BCUT2D eigenvalue weighted by atomic mass is 10.0. The Bertz CT molecular complexity index is 1060. The van der Waals surface area contributed by atoms with Gasteiger partial charge >= 0.3 is 6.18 Å². The topological polar surface area (TPSA) is 38.7 Å². The van der Waals surface area contributed by atoms with Gasteiger partial charge in [0.05, 0.1) is 16.9 Å². The van der Waals surface area contributed by atoms with Gasteiger partial charge in [0.25, 0.3) is 0 Å². The largest absolute Gasteiger partial charge is 0.492 e. The zero-order valence-electron chi connectivity index (χ0n) is 14.8. The molecule has 4 rings (SSSR count). The Hall–Kier alpha value is -3.09. The van der Waals surface area contributed by atoms with Crippen LogP contribution >= 0.6 is 0 Å². The van der Waals surface area contributed by atoms with Crippen molar-refractivity contribution in [1.29, 1.82) is 0 Å². The number of nitrogens with zero attached hydrogens (tertiary/aromatic N) is 2. The predicted molar refractivity (Wildman–Crippen MR) is 97.3 cm³/mol. The normalized spacial score (nSPS) is 16.5. The van der Waals surface area contributed by atoms with Gasteiger partial charge in [-0.2, -0.15) is 13.2 Å². The van der Waals surface area contributed by atoms with Crippen molar-refractivity contribution in [2.24, 2.45) is 0 Å². The van der Waals surface area contributed by atoms with E-state index in [1.807, 2.05) is 43.1 Å². The minimum Gasteiger partial charge on any atom is -0.492 e. The molecule has 4 nitrogen and oxygen atoms in total. The molecule has 2 aromatic rings. The monoisotopic (exact) mass is 373 g/mol. The molecule has 0 saturated heterocycles. The van der Waals surface area contributed by atoms with Crippen molar-refractivity contribution in [3.05, 3.63) is 76.1 Å². The van der Waals surface area contributed by atoms with Crippen LogP contribution in [0.25, 0.3) is 11.4 Å². The van der Waals surface area contributed by atoms with Crippen molar-refractivity contribution >= 4 is 17.1 Å². The molecule has 0 unspecified atom stereocenters. The minimum atomic E-state index is -4.40. The van der Waals surface area contributed by atoms with E-state index >= 15 is 0 Å². The molecule has 2 aliphatic heterocycles. The lowest BCUT2D eigenvalue weighted by Gasteiger charge is -2.26. The summed E-state index contributed by atoms with van der Waals surface area (Å²) >= 11 is 0. The molecule has 7 heteroatoms. The minimum absolute atomic E-state index is 0.0484. The smallest absolute Gasteiger partial charge is 0.416 e. The zero-order valence-corrected chi connectivity index (χ0v) is 14.8. The van der Waals surface area contributed by atoms with Crippen LogP contribution in [0.3, 0.4) is 0 Å². The molecule has 0 radical (unpaired) electrons. The second-order valence-corrected chi connectivity index (χ2v) is 6.44. The van der Waals surface area contributed by atoms with E-state index < -0.39 is 11.7 Å². The van der Waals surface area contributed by atoms with Gasteiger partial charge in [-0.1, -0.05) is 31.2 Å². The molecule has 140 valence electrons. The van der Waals surface area contributed by atoms with E-state index in [1.54, 1.807) is 0 Å². The summed E-state index contributed by atoms with van der Waals surface area (Å²) in [6.45, 7) is 2.04. The summed E-state index contributed by atoms with van der Waals surface area (Å²) in [5.74, 6) is -0.0484. The molecule has 2 aliphatic rings. The maximum absolute atomic E-state index is 12.8. The highest BCUT2D eigenvalue weighted by Gasteiger charge is 2.35. The summed E-state index contributed by atoms with van der Waals surface area (Å²) in [5.41, 5.74) is 5.21. The Kier molecular flexibility index (Phi) is 3.83. The first kappa shape index (κ1) is 17.3. The molecule has 0 saturated carbocycles. The van der Waals surface area contributed by atoms with Crippen molar-refractivity contribution in [1.82, 2.24) is 10.3 Å². The van der Waals surface area contributed by atoms with Gasteiger partial charge in [-0.3, -0.25) is 5.43 Å². The van der Waals surface area contributed by atoms with Crippen molar-refractivity contribution < 1.29 is 18.3 Å². The van der Waals surface area contributed by atoms with E-state index in [2.05, 4.69) is 5.43 Å². The fourth-order valence-electron chi connectivity index (χ4n) is 3.62. The highest BCUT2D eigenvalue weighted by molar-refractivity contribution is 5.77. The first-order valence-electron chi connectivity index (χ1n) is 8.57. The van der Waals surface area contributed by atoms with Gasteiger partial charge in [0.2, 0.25) is 5.88 Å². The summed E-state index contributed by atoms with van der Waals surface area (Å²) in [5, 5.41) is 14.2. The molecule has 2 N–H and O–H groups in total. The first-order valence-corrected chi connectivity index (χ1v) is 8.57. The Morgan fingerprint density at radius 3 is 2.22 bits per heavy atom. The van der Waals surface area contributed by atoms with E-state index in [-0.39, 0.29) is 5.88 Å². The van der Waals surface area contributed by atoms with Gasteiger partial charge in [-0.25, -0.2) is 5.01 Å². The number of anilines is 1. The molecule has 0 fully saturated rings. The third kappa shape index (κ3) is 2.61. The Labute approximate surface area is 154 Å². The molecule has 2 aromatic carbocycles. The highest BCUT2D eigenvalue weighted by Crippen LogP contribution is 2.35. The Morgan fingerprint density at radius 1 is 1.00 bits per heavy atom. The summed E-state index contributed by atoms with van der Waals surface area (Å²) in [6.07, 6.45) is -3.62. The number of fused-ring (bicyclic) bond motifs is 2. The summed E-state index contributed by atoms with van der Waals surface area (Å²) < 4.78 is 38.4. The number of likely N-dealkylation sites (N-methyl/N-ethyl adjacent to an activating group) is 1. The molecule has 0 aromatic heterocycles. The molecule has 0 amide bonds. The predicted octanol–water partition coefficient (Wildman–Crippen LogP) is 3.03. The zero-order chi connectivity index (χ0) is 19.3. The van der Waals surface area contributed by atoms with Crippen LogP contribution in [0.2, 0.25) is 0 Å². The van der Waals surface area contributed by atoms with E-state index in [0.717, 1.165) is 40.4 Å². The average molecular weight is 373 g/mol. The maximum Gasteiger partial charge on any atom is 0.416 e. The Morgan fingerprint density at radius 2 is 1.63 bits per heavy atom. The maximum atomic E-state index is 12.8. The second-order valence-electron chi connectivity index (χ2n) is 6.44. The quantitative estimate of drug-likeness (QED) is 0.849. The third-order valence-electron chi connectivity index (χ3n) is 4.92. The standard InChI is InChI=1S/C20H18F3N3O/c1-3-16-14-6-4-5-7-15(14)17-18(25(16)2)19(27)26(24-17)13-10-8-12(9-11-13)20(21,22)23/h4-11,24,27H,3H2,1-2H3. The molecule has 2 heterocycles. The van der Waals surface area contributed by atoms with E-state index in [0.29, 0.717) is 11.4 Å². The summed E-state index contributed by atoms with van der Waals surface area (Å²) in [6, 6.07) is 12.5. The number of alkyl halides is 3. The van der Waals surface area contributed by atoms with Crippen LogP contribution in [0.15, 0.2) is 60.1 Å². The van der Waals surface area contributed by atoms with E-state index in [1.165, 1.54) is 17.1 Å². The summed E-state index contributed by atoms with van der Waals surface area (Å²) in [7, 11) is 1.87. The van der Waals surface area contributed by atoms with Gasteiger partial charge in [-0.05, 0) is 30.7 Å². The number of aliphatic hydroxyl groups excluding tert-OH is 1. The fourth-order valence-corrected chi connectivity index (χ4v) is 3.62. The van der Waals surface area contributed by atoms with Gasteiger partial charge in [0, 0.05) is 23.2 Å². The third-order valence-corrected chi connectivity index (χ3v) is 4.92. The van der Waals surface area contributed by atoms with Gasteiger partial charge in [0.15, 0.2) is 0 Å². The van der Waals surface area contributed by atoms with Crippen LogP contribution in [0, 0.1) is 0 Å². The SMILES string of the molecule is CCC1=c2ccccc2=C2NN(c3ccc(C(F)(F)F)cc3)C(O)=C2N1C. The van der Waals surface area contributed by atoms with Crippen molar-refractivity contribution in [3.8, 4) is 0 Å². The van der Waals surface area contributed by atoms with Crippen molar-refractivity contribution in [3.63, 3.8) is 0 Å². The van der Waals surface area contributed by atoms with Crippen molar-refractivity contribution in [2.75, 3.05) is 12.1 Å². The molecule has 0 bridgehead atoms. The number of hydrogen-bond acceptors (Lipinski definition) is 4. The molecule has 0 atom stereocenters. The van der Waals surface area contributed by atoms with Gasteiger partial charge < -0.3 is 10.0 Å². The van der Waals surface area contributed by atoms with E-state index in [4.69, 9.17) is 0 Å². The number of halogens is 3. The van der Waals surface area contributed by atoms with Crippen LogP contribution in [0.4, 0.5) is 18.9 Å². The number of benzene rings is 2. The fraction of sp³-hybridized carbons (Fsp3) is 0.200. The number of rotatable bonds is 2. The number of aliphatic hydroxyl groups is 1. The number of hydrogen-bond donors (Lipinski definition) is 2. The Balaban J connectivity index is 1.84. The van der Waals surface area contributed by atoms with Gasteiger partial charge in [-0.15, -0.1) is 0 Å². The van der Waals surface area contributed by atoms with Crippen molar-refractivity contribution in [2.45, 2.75) is 19.5 Å². The highest BCUT2D eigenvalue weighted by atomic mass is 19.4. The number of nitrogens with one attached hydrogen (secondary N) is 1. The summed E-state index contributed by atoms with van der Waals surface area (Å²) in [4.78, 5) is 1.92. The molecular weight excluding hydrogens is 355 g/mol. The van der Waals surface area contributed by atoms with E-state index in [9.17, 15) is 18.3 Å². The molecule has 0 spiro atoms. The molecule has 27 heavy (non-hydrogen) atoms. The van der Waals surface area contributed by atoms with Crippen LogP contribution in [0.1, 0.15) is 18.9 Å². The lowest BCUT2D eigenvalue weighted by molar-refractivity contribution is -0.137. The lowest BCUT2D eigenvalue weighted by Crippen LogP contribution is -2.42. The molecule has 0 aliphatic carbocycles. The molecular formula is C20H18F3N3O. The van der Waals surface area contributed by atoms with Gasteiger partial charge in [0.1, 0.15) is 5.70 Å².